The topological polar surface area (TPSA) is 49.4 Å². The van der Waals surface area contributed by atoms with Gasteiger partial charge in [-0.2, -0.15) is 0 Å². The smallest absolute Gasteiger partial charge is 0.246 e. The fraction of sp³-hybridized carbons (Fsp3) is 0.625. The van der Waals surface area contributed by atoms with Crippen LogP contribution < -0.4 is 5.32 Å². The lowest BCUT2D eigenvalue weighted by Crippen LogP contribution is -2.66. The van der Waals surface area contributed by atoms with Gasteiger partial charge in [0.2, 0.25) is 11.8 Å². The lowest BCUT2D eigenvalue weighted by atomic mass is 9.83. The number of rotatable bonds is 4. The minimum Gasteiger partial charge on any atom is -0.342 e. The predicted molar refractivity (Wildman–Crippen MR) is 85.2 cm³/mol. The summed E-state index contributed by atoms with van der Waals surface area (Å²) in [6.45, 7) is 8.52. The van der Waals surface area contributed by atoms with Crippen molar-refractivity contribution in [1.82, 2.24) is 10.2 Å². The van der Waals surface area contributed by atoms with Crippen LogP contribution in [-0.4, -0.2) is 35.3 Å². The molecule has 0 spiro atoms. The summed E-state index contributed by atoms with van der Waals surface area (Å²) in [4.78, 5) is 28.1. The van der Waals surface area contributed by atoms with Crippen molar-refractivity contribution in [3.05, 3.63) is 22.4 Å². The molecule has 0 bridgehead atoms. The van der Waals surface area contributed by atoms with E-state index in [1.165, 1.54) is 4.88 Å². The van der Waals surface area contributed by atoms with Crippen LogP contribution >= 0.6 is 11.3 Å². The first-order valence-electron chi connectivity index (χ1n) is 7.48. The maximum absolute atomic E-state index is 12.8. The van der Waals surface area contributed by atoms with E-state index in [2.05, 4.69) is 11.4 Å². The van der Waals surface area contributed by atoms with Crippen molar-refractivity contribution < 1.29 is 9.59 Å². The van der Waals surface area contributed by atoms with Crippen molar-refractivity contribution in [2.24, 2.45) is 5.41 Å². The summed E-state index contributed by atoms with van der Waals surface area (Å²) in [5, 5.41) is 4.94. The van der Waals surface area contributed by atoms with Crippen LogP contribution in [0, 0.1) is 5.41 Å². The maximum Gasteiger partial charge on any atom is 0.246 e. The van der Waals surface area contributed by atoms with E-state index in [4.69, 9.17) is 0 Å². The molecule has 0 radical (unpaired) electrons. The molecule has 1 aliphatic heterocycles. The standard InChI is InChI=1S/C16H24N2O2S/c1-5-12-14(19)17-13(16(2,3)4)15(20)18(12)9-8-11-7-6-10-21-11/h6-7,10,12-13H,5,8-9H2,1-4H3,(H,17,19). The molecule has 1 N–H and O–H groups in total. The van der Waals surface area contributed by atoms with E-state index < -0.39 is 6.04 Å². The Kier molecular flexibility index (Phi) is 4.71. The van der Waals surface area contributed by atoms with E-state index in [9.17, 15) is 9.59 Å². The highest BCUT2D eigenvalue weighted by atomic mass is 32.1. The quantitative estimate of drug-likeness (QED) is 0.929. The van der Waals surface area contributed by atoms with Crippen LogP contribution in [0.1, 0.15) is 39.0 Å². The van der Waals surface area contributed by atoms with Crippen molar-refractivity contribution >= 4 is 23.2 Å². The summed E-state index contributed by atoms with van der Waals surface area (Å²) in [7, 11) is 0. The molecule has 0 saturated carbocycles. The zero-order valence-electron chi connectivity index (χ0n) is 13.2. The van der Waals surface area contributed by atoms with E-state index in [0.717, 1.165) is 6.42 Å². The van der Waals surface area contributed by atoms with Gasteiger partial charge in [-0.05, 0) is 29.7 Å². The number of nitrogens with one attached hydrogen (secondary N) is 1. The molecule has 2 rings (SSSR count). The highest BCUT2D eigenvalue weighted by Crippen LogP contribution is 2.26. The molecule has 0 aliphatic carbocycles. The Balaban J connectivity index is 2.16. The van der Waals surface area contributed by atoms with Gasteiger partial charge in [0.25, 0.3) is 0 Å². The number of carbonyl (C=O) groups excluding carboxylic acids is 2. The van der Waals surface area contributed by atoms with Crippen molar-refractivity contribution in [2.75, 3.05) is 6.54 Å². The SMILES string of the molecule is CCC1C(=O)NC(C(C)(C)C)C(=O)N1CCc1cccs1. The number of nitrogens with zero attached hydrogens (tertiary/aromatic N) is 1. The first kappa shape index (κ1) is 16.0. The number of hydrogen-bond donors (Lipinski definition) is 1. The molecular weight excluding hydrogens is 284 g/mol. The number of amides is 2. The van der Waals surface area contributed by atoms with Crippen LogP contribution in [0.4, 0.5) is 0 Å². The molecule has 1 fully saturated rings. The summed E-state index contributed by atoms with van der Waals surface area (Å²) in [6.07, 6.45) is 1.46. The van der Waals surface area contributed by atoms with Crippen molar-refractivity contribution in [3.8, 4) is 0 Å². The zero-order chi connectivity index (χ0) is 15.6. The number of hydrogen-bond acceptors (Lipinski definition) is 3. The van der Waals surface area contributed by atoms with Crippen molar-refractivity contribution in [1.29, 1.82) is 0 Å². The summed E-state index contributed by atoms with van der Waals surface area (Å²) >= 11 is 1.69. The number of piperazine rings is 1. The van der Waals surface area contributed by atoms with Crippen LogP contribution in [0.3, 0.4) is 0 Å². The maximum atomic E-state index is 12.8. The molecule has 0 aromatic carbocycles. The summed E-state index contributed by atoms with van der Waals surface area (Å²) in [5.74, 6) is 0.0220. The lowest BCUT2D eigenvalue weighted by molar-refractivity contribution is -0.152. The minimum atomic E-state index is -0.434. The molecule has 4 nitrogen and oxygen atoms in total. The number of carbonyl (C=O) groups is 2. The van der Waals surface area contributed by atoms with Gasteiger partial charge in [-0.3, -0.25) is 9.59 Å². The van der Waals surface area contributed by atoms with Gasteiger partial charge >= 0.3 is 0 Å². The van der Waals surface area contributed by atoms with E-state index in [1.807, 2.05) is 39.1 Å². The van der Waals surface area contributed by atoms with Gasteiger partial charge < -0.3 is 10.2 Å². The Hall–Kier alpha value is -1.36. The average molecular weight is 308 g/mol. The lowest BCUT2D eigenvalue weighted by Gasteiger charge is -2.43. The molecule has 2 atom stereocenters. The van der Waals surface area contributed by atoms with Crippen LogP contribution in [0.2, 0.25) is 0 Å². The molecule has 1 aliphatic rings. The minimum absolute atomic E-state index is 0.0248. The van der Waals surface area contributed by atoms with Gasteiger partial charge in [-0.15, -0.1) is 11.3 Å². The Labute approximate surface area is 130 Å². The van der Waals surface area contributed by atoms with E-state index >= 15 is 0 Å². The summed E-state index contributed by atoms with van der Waals surface area (Å²) in [5.41, 5.74) is -0.271. The molecule has 5 heteroatoms. The summed E-state index contributed by atoms with van der Waals surface area (Å²) < 4.78 is 0. The number of thiophene rings is 1. The average Bonchev–Trinajstić information content (AvgIpc) is 2.91. The Morgan fingerprint density at radius 2 is 2.05 bits per heavy atom. The highest BCUT2D eigenvalue weighted by Gasteiger charge is 2.44. The fourth-order valence-corrected chi connectivity index (χ4v) is 3.40. The third-order valence-electron chi connectivity index (χ3n) is 3.93. The molecule has 1 saturated heterocycles. The molecule has 1 aromatic heterocycles. The third-order valence-corrected chi connectivity index (χ3v) is 4.86. The third kappa shape index (κ3) is 3.46. The van der Waals surface area contributed by atoms with Gasteiger partial charge in [-0.25, -0.2) is 0 Å². The predicted octanol–water partition coefficient (Wildman–Crippen LogP) is 2.44. The second-order valence-electron chi connectivity index (χ2n) is 6.59. The second-order valence-corrected chi connectivity index (χ2v) is 7.62. The van der Waals surface area contributed by atoms with Crippen molar-refractivity contribution in [3.63, 3.8) is 0 Å². The normalized spacial score (nSPS) is 23.3. The van der Waals surface area contributed by atoms with Gasteiger partial charge in [-0.1, -0.05) is 33.8 Å². The largest absolute Gasteiger partial charge is 0.342 e. The summed E-state index contributed by atoms with van der Waals surface area (Å²) in [6, 6.07) is 3.31. The first-order chi connectivity index (χ1) is 9.84. The Morgan fingerprint density at radius 1 is 1.33 bits per heavy atom. The van der Waals surface area contributed by atoms with Gasteiger partial charge in [0.05, 0.1) is 0 Å². The molecule has 2 amide bonds. The fourth-order valence-electron chi connectivity index (χ4n) is 2.71. The Bertz CT molecular complexity index is 505. The second kappa shape index (κ2) is 6.18. The van der Waals surface area contributed by atoms with Crippen LogP contribution in [0.25, 0.3) is 0 Å². The molecule has 116 valence electrons. The molecular formula is C16H24N2O2S. The van der Waals surface area contributed by atoms with Gasteiger partial charge in [0.1, 0.15) is 12.1 Å². The molecule has 2 heterocycles. The van der Waals surface area contributed by atoms with Crippen LogP contribution in [0.15, 0.2) is 17.5 Å². The molecule has 2 unspecified atom stereocenters. The zero-order valence-corrected chi connectivity index (χ0v) is 14.0. The van der Waals surface area contributed by atoms with E-state index in [1.54, 1.807) is 16.2 Å². The van der Waals surface area contributed by atoms with Crippen LogP contribution in [0.5, 0.6) is 0 Å². The van der Waals surface area contributed by atoms with Gasteiger partial charge in [0, 0.05) is 11.4 Å². The highest BCUT2D eigenvalue weighted by molar-refractivity contribution is 7.09. The molecule has 1 aromatic rings. The van der Waals surface area contributed by atoms with E-state index in [-0.39, 0.29) is 23.3 Å². The van der Waals surface area contributed by atoms with Crippen LogP contribution in [-0.2, 0) is 16.0 Å². The Morgan fingerprint density at radius 3 is 2.57 bits per heavy atom. The van der Waals surface area contributed by atoms with Gasteiger partial charge in [0.15, 0.2) is 0 Å². The van der Waals surface area contributed by atoms with E-state index in [0.29, 0.717) is 13.0 Å². The molecule has 21 heavy (non-hydrogen) atoms. The van der Waals surface area contributed by atoms with Crippen molar-refractivity contribution in [2.45, 2.75) is 52.6 Å². The monoisotopic (exact) mass is 308 g/mol. The first-order valence-corrected chi connectivity index (χ1v) is 8.35.